The molecule has 0 aromatic heterocycles. The second-order valence-corrected chi connectivity index (χ2v) is 4.41. The number of hydrogen-bond acceptors (Lipinski definition) is 4. The normalized spacial score (nSPS) is 11.0. The molecule has 4 nitrogen and oxygen atoms in total. The Morgan fingerprint density at radius 2 is 1.86 bits per heavy atom. The number of ether oxygens (including phenoxy) is 2. The first-order valence-corrected chi connectivity index (χ1v) is 7.02. The lowest BCUT2D eigenvalue weighted by atomic mass is 10.1. The van der Waals surface area contributed by atoms with Crippen LogP contribution in [0.1, 0.15) is 54.3 Å². The highest BCUT2D eigenvalue weighted by molar-refractivity contribution is 5.95. The van der Waals surface area contributed by atoms with Crippen molar-refractivity contribution in [3.8, 4) is 11.8 Å². The van der Waals surface area contributed by atoms with E-state index < -0.39 is 18.0 Å². The smallest absolute Gasteiger partial charge is 0.339 e. The summed E-state index contributed by atoms with van der Waals surface area (Å²) in [6.07, 6.45) is 0.935. The summed E-state index contributed by atoms with van der Waals surface area (Å²) in [4.78, 5) is 23.8. The van der Waals surface area contributed by atoms with Gasteiger partial charge in [0.2, 0.25) is 0 Å². The summed E-state index contributed by atoms with van der Waals surface area (Å²) in [5, 5.41) is 0. The van der Waals surface area contributed by atoms with Crippen LogP contribution in [-0.4, -0.2) is 24.6 Å². The SMILES string of the molecule is CC#CC(CC)OC(=O)c1cccc(C(=O)OCCC)c1. The van der Waals surface area contributed by atoms with E-state index in [1.807, 2.05) is 13.8 Å². The molecule has 0 aliphatic carbocycles. The minimum absolute atomic E-state index is 0.317. The van der Waals surface area contributed by atoms with Crippen molar-refractivity contribution in [1.82, 2.24) is 0 Å². The molecule has 0 radical (unpaired) electrons. The predicted octanol–water partition coefficient (Wildman–Crippen LogP) is 3.21. The molecule has 0 bridgehead atoms. The lowest BCUT2D eigenvalue weighted by Crippen LogP contribution is -2.16. The zero-order valence-electron chi connectivity index (χ0n) is 12.6. The third-order valence-electron chi connectivity index (χ3n) is 2.70. The largest absolute Gasteiger partial charge is 0.462 e. The van der Waals surface area contributed by atoms with Gasteiger partial charge in [0.15, 0.2) is 6.10 Å². The van der Waals surface area contributed by atoms with Crippen molar-refractivity contribution in [3.63, 3.8) is 0 Å². The van der Waals surface area contributed by atoms with Crippen LogP contribution in [0.3, 0.4) is 0 Å². The standard InChI is InChI=1S/C17H20O4/c1-4-8-15(6-3)21-17(19)14-10-7-9-13(12-14)16(18)20-11-5-2/h7,9-10,12,15H,5-6,11H2,1-3H3. The number of rotatable bonds is 6. The number of carbonyl (C=O) groups is 2. The van der Waals surface area contributed by atoms with Crippen LogP contribution in [0.25, 0.3) is 0 Å². The number of benzene rings is 1. The molecule has 112 valence electrons. The Balaban J connectivity index is 2.81. The van der Waals surface area contributed by atoms with Gasteiger partial charge in [0.05, 0.1) is 17.7 Å². The quantitative estimate of drug-likeness (QED) is 0.596. The fourth-order valence-electron chi connectivity index (χ4n) is 1.62. The monoisotopic (exact) mass is 288 g/mol. The van der Waals surface area contributed by atoms with Crippen molar-refractivity contribution >= 4 is 11.9 Å². The van der Waals surface area contributed by atoms with Crippen LogP contribution >= 0.6 is 0 Å². The van der Waals surface area contributed by atoms with E-state index in [2.05, 4.69) is 11.8 Å². The van der Waals surface area contributed by atoms with E-state index in [0.29, 0.717) is 24.2 Å². The van der Waals surface area contributed by atoms with Crippen LogP contribution in [0, 0.1) is 11.8 Å². The molecule has 21 heavy (non-hydrogen) atoms. The third kappa shape index (κ3) is 5.31. The molecule has 0 amide bonds. The Morgan fingerprint density at radius 3 is 2.43 bits per heavy atom. The van der Waals surface area contributed by atoms with Gasteiger partial charge in [-0.25, -0.2) is 9.59 Å². The molecule has 1 atom stereocenters. The van der Waals surface area contributed by atoms with Gasteiger partial charge in [-0.15, -0.1) is 5.92 Å². The van der Waals surface area contributed by atoms with Crippen molar-refractivity contribution in [2.45, 2.75) is 39.7 Å². The molecule has 0 spiro atoms. The van der Waals surface area contributed by atoms with Gasteiger partial charge in [-0.1, -0.05) is 25.8 Å². The minimum atomic E-state index is -0.491. The van der Waals surface area contributed by atoms with Gasteiger partial charge in [-0.2, -0.15) is 0 Å². The van der Waals surface area contributed by atoms with Crippen molar-refractivity contribution in [1.29, 1.82) is 0 Å². The van der Waals surface area contributed by atoms with Gasteiger partial charge in [0.1, 0.15) is 0 Å². The molecule has 1 aromatic carbocycles. The van der Waals surface area contributed by atoms with Crippen molar-refractivity contribution in [3.05, 3.63) is 35.4 Å². The summed E-state index contributed by atoms with van der Waals surface area (Å²) >= 11 is 0. The first-order chi connectivity index (χ1) is 10.1. The summed E-state index contributed by atoms with van der Waals surface area (Å²) in [7, 11) is 0. The maximum Gasteiger partial charge on any atom is 0.339 e. The molecule has 0 aliphatic rings. The average Bonchev–Trinajstić information content (AvgIpc) is 2.52. The maximum atomic E-state index is 12.0. The fourth-order valence-corrected chi connectivity index (χ4v) is 1.62. The van der Waals surface area contributed by atoms with Crippen molar-refractivity contribution in [2.24, 2.45) is 0 Å². The second kappa shape index (κ2) is 8.80. The highest BCUT2D eigenvalue weighted by atomic mass is 16.5. The summed E-state index contributed by atoms with van der Waals surface area (Å²) in [6, 6.07) is 6.32. The zero-order chi connectivity index (χ0) is 15.7. The van der Waals surface area contributed by atoms with Crippen LogP contribution in [0.2, 0.25) is 0 Å². The van der Waals surface area contributed by atoms with E-state index >= 15 is 0 Å². The first kappa shape index (κ1) is 16.8. The maximum absolute atomic E-state index is 12.0. The van der Waals surface area contributed by atoms with Crippen LogP contribution in [0.5, 0.6) is 0 Å². The Hall–Kier alpha value is -2.28. The molecule has 0 aliphatic heterocycles. The summed E-state index contributed by atoms with van der Waals surface area (Å²) < 4.78 is 10.3. The predicted molar refractivity (Wildman–Crippen MR) is 80.0 cm³/mol. The van der Waals surface area contributed by atoms with Crippen molar-refractivity contribution in [2.75, 3.05) is 6.61 Å². The molecule has 0 fully saturated rings. The van der Waals surface area contributed by atoms with Gasteiger partial charge in [-0.05, 0) is 38.0 Å². The van der Waals surface area contributed by atoms with Gasteiger partial charge in [-0.3, -0.25) is 0 Å². The molecule has 0 saturated carbocycles. The molecule has 4 heteroatoms. The Kier molecular flexibility index (Phi) is 7.03. The molecule has 1 aromatic rings. The summed E-state index contributed by atoms with van der Waals surface area (Å²) in [6.45, 7) is 5.86. The Labute approximate surface area is 125 Å². The topological polar surface area (TPSA) is 52.6 Å². The highest BCUT2D eigenvalue weighted by Crippen LogP contribution is 2.10. The molecule has 0 heterocycles. The molecule has 0 N–H and O–H groups in total. The zero-order valence-corrected chi connectivity index (χ0v) is 12.6. The van der Waals surface area contributed by atoms with E-state index in [1.165, 1.54) is 6.07 Å². The van der Waals surface area contributed by atoms with Gasteiger partial charge < -0.3 is 9.47 Å². The van der Waals surface area contributed by atoms with E-state index in [1.54, 1.807) is 25.1 Å². The molecular formula is C17H20O4. The van der Waals surface area contributed by atoms with Crippen LogP contribution in [-0.2, 0) is 9.47 Å². The van der Waals surface area contributed by atoms with Crippen LogP contribution in [0.4, 0.5) is 0 Å². The average molecular weight is 288 g/mol. The van der Waals surface area contributed by atoms with Gasteiger partial charge in [0, 0.05) is 0 Å². The summed E-state index contributed by atoms with van der Waals surface area (Å²) in [5.74, 6) is 4.61. The molecule has 1 rings (SSSR count). The third-order valence-corrected chi connectivity index (χ3v) is 2.70. The summed E-state index contributed by atoms with van der Waals surface area (Å²) in [5.41, 5.74) is 0.657. The Bertz CT molecular complexity index is 551. The van der Waals surface area contributed by atoms with E-state index in [-0.39, 0.29) is 0 Å². The first-order valence-electron chi connectivity index (χ1n) is 7.02. The van der Waals surface area contributed by atoms with Gasteiger partial charge >= 0.3 is 11.9 Å². The fraction of sp³-hybridized carbons (Fsp3) is 0.412. The molecule has 1 unspecified atom stereocenters. The molecular weight excluding hydrogens is 268 g/mol. The Morgan fingerprint density at radius 1 is 1.19 bits per heavy atom. The number of hydrogen-bond donors (Lipinski definition) is 0. The lowest BCUT2D eigenvalue weighted by molar-refractivity contribution is 0.0404. The van der Waals surface area contributed by atoms with Gasteiger partial charge in [0.25, 0.3) is 0 Å². The number of carbonyl (C=O) groups excluding carboxylic acids is 2. The van der Waals surface area contributed by atoms with Crippen molar-refractivity contribution < 1.29 is 19.1 Å². The minimum Gasteiger partial charge on any atom is -0.462 e. The number of esters is 2. The lowest BCUT2D eigenvalue weighted by Gasteiger charge is -2.10. The second-order valence-electron chi connectivity index (χ2n) is 4.41. The van der Waals surface area contributed by atoms with E-state index in [4.69, 9.17) is 9.47 Å². The van der Waals surface area contributed by atoms with E-state index in [9.17, 15) is 9.59 Å². The molecule has 0 saturated heterocycles. The highest BCUT2D eigenvalue weighted by Gasteiger charge is 2.15. The van der Waals surface area contributed by atoms with Crippen LogP contribution < -0.4 is 0 Å². The van der Waals surface area contributed by atoms with E-state index in [0.717, 1.165) is 6.42 Å². The van der Waals surface area contributed by atoms with Crippen LogP contribution in [0.15, 0.2) is 24.3 Å².